The minimum Gasteiger partial charge on any atom is -0.506 e. The Morgan fingerprint density at radius 2 is 1.90 bits per heavy atom. The number of halogens is 2. The number of phenols is 1. The fourth-order valence-corrected chi connectivity index (χ4v) is 3.02. The zero-order chi connectivity index (χ0) is 14.1. The smallest absolute Gasteiger partial charge is 0.138 e. The second-order valence-corrected chi connectivity index (χ2v) is 5.98. The lowest BCUT2D eigenvalue weighted by Crippen LogP contribution is -2.17. The van der Waals surface area contributed by atoms with Gasteiger partial charge in [-0.15, -0.1) is 0 Å². The molecule has 2 nitrogen and oxygen atoms in total. The van der Waals surface area contributed by atoms with Crippen LogP contribution in [0, 0.1) is 0 Å². The molecule has 0 amide bonds. The van der Waals surface area contributed by atoms with Crippen LogP contribution in [0.1, 0.15) is 23.5 Å². The minimum atomic E-state index is 0.112. The third-order valence-electron chi connectivity index (χ3n) is 3.68. The Kier molecular flexibility index (Phi) is 3.88. The molecule has 0 heterocycles. The molecule has 1 aliphatic rings. The van der Waals surface area contributed by atoms with Crippen molar-refractivity contribution in [1.29, 1.82) is 0 Å². The third kappa shape index (κ3) is 2.93. The molecule has 1 fully saturated rings. The van der Waals surface area contributed by atoms with Crippen LogP contribution in [0.25, 0.3) is 0 Å². The van der Waals surface area contributed by atoms with E-state index in [4.69, 9.17) is 23.2 Å². The molecule has 2 aromatic carbocycles. The van der Waals surface area contributed by atoms with Crippen molar-refractivity contribution in [2.45, 2.75) is 24.9 Å². The SMILES string of the molecule is Oc1c(Cl)cc(Cl)cc1CNC1CC1c1ccccc1. The van der Waals surface area contributed by atoms with E-state index < -0.39 is 0 Å². The van der Waals surface area contributed by atoms with Gasteiger partial charge in [-0.1, -0.05) is 53.5 Å². The van der Waals surface area contributed by atoms with Crippen molar-refractivity contribution in [3.05, 3.63) is 63.6 Å². The molecule has 3 rings (SSSR count). The predicted octanol–water partition coefficient (Wildman–Crippen LogP) is 4.34. The summed E-state index contributed by atoms with van der Waals surface area (Å²) in [6.07, 6.45) is 1.12. The van der Waals surface area contributed by atoms with Gasteiger partial charge in [-0.25, -0.2) is 0 Å². The van der Waals surface area contributed by atoms with Gasteiger partial charge >= 0.3 is 0 Å². The summed E-state index contributed by atoms with van der Waals surface area (Å²) >= 11 is 11.9. The molecule has 4 heteroatoms. The first-order valence-corrected chi connectivity index (χ1v) is 7.36. The summed E-state index contributed by atoms with van der Waals surface area (Å²) in [7, 11) is 0. The van der Waals surface area contributed by atoms with Crippen molar-refractivity contribution >= 4 is 23.2 Å². The van der Waals surface area contributed by atoms with Crippen LogP contribution >= 0.6 is 23.2 Å². The van der Waals surface area contributed by atoms with Gasteiger partial charge in [0.05, 0.1) is 5.02 Å². The van der Waals surface area contributed by atoms with Gasteiger partial charge in [0.25, 0.3) is 0 Å². The van der Waals surface area contributed by atoms with Crippen molar-refractivity contribution in [2.75, 3.05) is 0 Å². The Labute approximate surface area is 128 Å². The maximum atomic E-state index is 9.91. The first-order chi connectivity index (χ1) is 9.65. The molecule has 1 saturated carbocycles. The van der Waals surface area contributed by atoms with Gasteiger partial charge in [0, 0.05) is 29.1 Å². The lowest BCUT2D eigenvalue weighted by Gasteiger charge is -2.09. The van der Waals surface area contributed by atoms with Crippen molar-refractivity contribution in [3.63, 3.8) is 0 Å². The Morgan fingerprint density at radius 1 is 1.15 bits per heavy atom. The van der Waals surface area contributed by atoms with Crippen LogP contribution in [-0.4, -0.2) is 11.1 Å². The Hall–Kier alpha value is -1.22. The zero-order valence-electron chi connectivity index (χ0n) is 10.8. The summed E-state index contributed by atoms with van der Waals surface area (Å²) in [5, 5.41) is 14.2. The van der Waals surface area contributed by atoms with E-state index in [0.717, 1.165) is 12.0 Å². The maximum absolute atomic E-state index is 9.91. The molecule has 0 bridgehead atoms. The van der Waals surface area contributed by atoms with E-state index in [1.807, 2.05) is 6.07 Å². The molecule has 0 radical (unpaired) electrons. The van der Waals surface area contributed by atoms with E-state index >= 15 is 0 Å². The fourth-order valence-electron chi connectivity index (χ4n) is 2.48. The fraction of sp³-hybridized carbons (Fsp3) is 0.250. The minimum absolute atomic E-state index is 0.112. The van der Waals surface area contributed by atoms with Crippen LogP contribution in [0.5, 0.6) is 5.75 Å². The van der Waals surface area contributed by atoms with E-state index in [-0.39, 0.29) is 5.75 Å². The molecule has 1 aliphatic carbocycles. The number of benzene rings is 2. The molecule has 20 heavy (non-hydrogen) atoms. The van der Waals surface area contributed by atoms with E-state index in [2.05, 4.69) is 29.6 Å². The van der Waals surface area contributed by atoms with E-state index in [1.54, 1.807) is 12.1 Å². The Bertz CT molecular complexity index is 615. The topological polar surface area (TPSA) is 32.3 Å². The third-order valence-corrected chi connectivity index (χ3v) is 4.19. The zero-order valence-corrected chi connectivity index (χ0v) is 12.3. The molecule has 2 aromatic rings. The molecule has 104 valence electrons. The average molecular weight is 308 g/mol. The number of phenolic OH excluding ortho intramolecular Hbond substituents is 1. The van der Waals surface area contributed by atoms with Gasteiger partial charge in [-0.05, 0) is 24.1 Å². The van der Waals surface area contributed by atoms with Crippen molar-refractivity contribution < 1.29 is 5.11 Å². The Morgan fingerprint density at radius 3 is 2.65 bits per heavy atom. The molecular formula is C16H15Cl2NO. The second kappa shape index (κ2) is 5.65. The summed E-state index contributed by atoms with van der Waals surface area (Å²) in [4.78, 5) is 0. The first-order valence-electron chi connectivity index (χ1n) is 6.60. The largest absolute Gasteiger partial charge is 0.506 e. The van der Waals surface area contributed by atoms with Gasteiger partial charge in [0.15, 0.2) is 0 Å². The van der Waals surface area contributed by atoms with Gasteiger partial charge in [0.2, 0.25) is 0 Å². The van der Waals surface area contributed by atoms with E-state index in [0.29, 0.717) is 28.5 Å². The monoisotopic (exact) mass is 307 g/mol. The highest BCUT2D eigenvalue weighted by Gasteiger charge is 2.37. The lowest BCUT2D eigenvalue weighted by atomic mass is 10.1. The number of aromatic hydroxyl groups is 1. The highest BCUT2D eigenvalue weighted by Crippen LogP contribution is 2.41. The molecule has 0 aliphatic heterocycles. The molecule has 2 N–H and O–H groups in total. The van der Waals surface area contributed by atoms with Gasteiger partial charge in [-0.3, -0.25) is 0 Å². The van der Waals surface area contributed by atoms with Crippen molar-refractivity contribution in [2.24, 2.45) is 0 Å². The summed E-state index contributed by atoms with van der Waals surface area (Å²) < 4.78 is 0. The highest BCUT2D eigenvalue weighted by atomic mass is 35.5. The van der Waals surface area contributed by atoms with Gasteiger partial charge in [0.1, 0.15) is 5.75 Å². The summed E-state index contributed by atoms with van der Waals surface area (Å²) in [5.74, 6) is 0.675. The molecule has 2 atom stereocenters. The van der Waals surface area contributed by atoms with Crippen LogP contribution in [0.15, 0.2) is 42.5 Å². The van der Waals surface area contributed by atoms with E-state index in [9.17, 15) is 5.11 Å². The quantitative estimate of drug-likeness (QED) is 0.880. The van der Waals surface area contributed by atoms with Gasteiger partial charge in [-0.2, -0.15) is 0 Å². The lowest BCUT2D eigenvalue weighted by molar-refractivity contribution is 0.464. The van der Waals surface area contributed by atoms with Crippen LogP contribution in [0.2, 0.25) is 10.0 Å². The van der Waals surface area contributed by atoms with Crippen molar-refractivity contribution in [1.82, 2.24) is 5.32 Å². The Balaban J connectivity index is 1.62. The normalized spacial score (nSPS) is 20.9. The maximum Gasteiger partial charge on any atom is 0.138 e. The van der Waals surface area contributed by atoms with E-state index in [1.165, 1.54) is 5.56 Å². The molecule has 2 unspecified atom stereocenters. The van der Waals surface area contributed by atoms with Crippen LogP contribution < -0.4 is 5.32 Å². The number of rotatable bonds is 4. The summed E-state index contributed by atoms with van der Waals surface area (Å²) in [6.45, 7) is 0.570. The second-order valence-electron chi connectivity index (χ2n) is 5.14. The molecule has 0 aromatic heterocycles. The van der Waals surface area contributed by atoms with Crippen molar-refractivity contribution in [3.8, 4) is 5.75 Å². The first kappa shape index (κ1) is 13.7. The van der Waals surface area contributed by atoms with Crippen LogP contribution in [-0.2, 0) is 6.54 Å². The predicted molar refractivity (Wildman–Crippen MR) is 82.6 cm³/mol. The average Bonchev–Trinajstić information content (AvgIpc) is 3.22. The standard InChI is InChI=1S/C16H15Cl2NO/c17-12-6-11(16(20)14(18)7-12)9-19-15-8-13(15)10-4-2-1-3-5-10/h1-7,13,15,19-20H,8-9H2. The summed E-state index contributed by atoms with van der Waals surface area (Å²) in [6, 6.07) is 14.2. The molecule has 0 spiro atoms. The molecular weight excluding hydrogens is 293 g/mol. The highest BCUT2D eigenvalue weighted by molar-refractivity contribution is 6.35. The molecule has 0 saturated heterocycles. The summed E-state index contributed by atoms with van der Waals surface area (Å²) in [5.41, 5.74) is 2.10. The number of hydrogen-bond acceptors (Lipinski definition) is 2. The van der Waals surface area contributed by atoms with Crippen LogP contribution in [0.3, 0.4) is 0 Å². The number of nitrogens with one attached hydrogen (secondary N) is 1. The number of hydrogen-bond donors (Lipinski definition) is 2. The van der Waals surface area contributed by atoms with Gasteiger partial charge < -0.3 is 10.4 Å². The van der Waals surface area contributed by atoms with Crippen LogP contribution in [0.4, 0.5) is 0 Å².